The number of fused-ring (bicyclic) bond motifs is 1. The molecule has 2 fully saturated rings. The Labute approximate surface area is 203 Å². The van der Waals surface area contributed by atoms with Crippen molar-refractivity contribution in [2.45, 2.75) is 24.9 Å². The number of hydrogen-bond donors (Lipinski definition) is 2. The second-order valence-corrected chi connectivity index (χ2v) is 9.18. The highest BCUT2D eigenvalue weighted by atomic mass is 16.4. The third kappa shape index (κ3) is 3.86. The van der Waals surface area contributed by atoms with Gasteiger partial charge in [-0.05, 0) is 29.7 Å². The van der Waals surface area contributed by atoms with E-state index in [0.29, 0.717) is 5.69 Å². The van der Waals surface area contributed by atoms with E-state index in [4.69, 9.17) is 0 Å². The van der Waals surface area contributed by atoms with Crippen molar-refractivity contribution in [1.29, 1.82) is 0 Å². The molecule has 0 radical (unpaired) electrons. The second-order valence-electron chi connectivity index (χ2n) is 9.18. The third-order valence-electron chi connectivity index (χ3n) is 7.05. The fourth-order valence-electron chi connectivity index (χ4n) is 5.40. The molecule has 2 saturated heterocycles. The van der Waals surface area contributed by atoms with Crippen LogP contribution in [0.15, 0.2) is 91.0 Å². The molecule has 35 heavy (non-hydrogen) atoms. The van der Waals surface area contributed by atoms with Crippen LogP contribution in [0.3, 0.4) is 0 Å². The van der Waals surface area contributed by atoms with E-state index in [2.05, 4.69) is 5.32 Å². The molecule has 2 N–H and O–H groups in total. The van der Waals surface area contributed by atoms with E-state index in [0.717, 1.165) is 16.7 Å². The average molecular weight is 467 g/mol. The number of carbonyl (C=O) groups excluding carboxylic acids is 2. The summed E-state index contributed by atoms with van der Waals surface area (Å²) in [7, 11) is 0. The molecule has 0 bridgehead atoms. The Bertz CT molecular complexity index is 1300. The molecule has 5 rings (SSSR count). The normalized spacial score (nSPS) is 25.9. The SMILES string of the molecule is Cc1ccccc1N1C(=O)C2C(/C=C/c3ccccc3)NC(Cc3ccccc3)(C(=O)O)C2C1=O. The van der Waals surface area contributed by atoms with E-state index < -0.39 is 35.3 Å². The van der Waals surface area contributed by atoms with Crippen LogP contribution in [0.5, 0.6) is 0 Å². The van der Waals surface area contributed by atoms with Crippen molar-refractivity contribution in [3.8, 4) is 0 Å². The minimum Gasteiger partial charge on any atom is -0.480 e. The summed E-state index contributed by atoms with van der Waals surface area (Å²) in [4.78, 5) is 41.7. The second kappa shape index (κ2) is 8.96. The van der Waals surface area contributed by atoms with Crippen molar-refractivity contribution in [2.24, 2.45) is 11.8 Å². The van der Waals surface area contributed by atoms with Crippen LogP contribution in [0.4, 0.5) is 5.69 Å². The number of carboxylic acids is 1. The van der Waals surface area contributed by atoms with E-state index in [-0.39, 0.29) is 12.3 Å². The molecule has 2 heterocycles. The average Bonchev–Trinajstić information content (AvgIpc) is 3.33. The van der Waals surface area contributed by atoms with Gasteiger partial charge in [0.05, 0.1) is 17.5 Å². The number of aryl methyl sites for hydroxylation is 1. The van der Waals surface area contributed by atoms with Crippen molar-refractivity contribution in [2.75, 3.05) is 4.90 Å². The van der Waals surface area contributed by atoms with Crippen molar-refractivity contribution >= 4 is 29.5 Å². The molecule has 3 aromatic rings. The monoisotopic (exact) mass is 466 g/mol. The van der Waals surface area contributed by atoms with Gasteiger partial charge >= 0.3 is 5.97 Å². The van der Waals surface area contributed by atoms with Gasteiger partial charge in [-0.2, -0.15) is 0 Å². The maximum Gasteiger partial charge on any atom is 0.325 e. The van der Waals surface area contributed by atoms with Crippen LogP contribution in [0.1, 0.15) is 16.7 Å². The number of carboxylic acid groups (broad SMARTS) is 1. The summed E-state index contributed by atoms with van der Waals surface area (Å²) in [6.07, 6.45) is 3.76. The number of benzene rings is 3. The van der Waals surface area contributed by atoms with E-state index >= 15 is 0 Å². The fraction of sp³-hybridized carbons (Fsp3) is 0.207. The van der Waals surface area contributed by atoms with E-state index in [1.165, 1.54) is 4.90 Å². The lowest BCUT2D eigenvalue weighted by atomic mass is 9.76. The van der Waals surface area contributed by atoms with E-state index in [9.17, 15) is 19.5 Å². The van der Waals surface area contributed by atoms with Crippen LogP contribution >= 0.6 is 0 Å². The Morgan fingerprint density at radius 2 is 1.57 bits per heavy atom. The maximum atomic E-state index is 13.9. The van der Waals surface area contributed by atoms with Gasteiger partial charge in [0.2, 0.25) is 11.8 Å². The maximum absolute atomic E-state index is 13.9. The first-order valence-corrected chi connectivity index (χ1v) is 11.6. The minimum atomic E-state index is -1.62. The van der Waals surface area contributed by atoms with Gasteiger partial charge < -0.3 is 5.11 Å². The number of nitrogens with zero attached hydrogens (tertiary/aromatic N) is 1. The van der Waals surface area contributed by atoms with Gasteiger partial charge in [0.1, 0.15) is 5.54 Å². The zero-order chi connectivity index (χ0) is 24.6. The fourth-order valence-corrected chi connectivity index (χ4v) is 5.40. The van der Waals surface area contributed by atoms with Crippen molar-refractivity contribution in [1.82, 2.24) is 5.32 Å². The molecule has 4 atom stereocenters. The molecule has 2 amide bonds. The molecule has 3 aromatic carbocycles. The molecular weight excluding hydrogens is 440 g/mol. The van der Waals surface area contributed by atoms with Crippen LogP contribution in [-0.4, -0.2) is 34.5 Å². The molecule has 0 aliphatic carbocycles. The number of para-hydroxylation sites is 1. The zero-order valence-electron chi connectivity index (χ0n) is 19.3. The Morgan fingerprint density at radius 1 is 0.943 bits per heavy atom. The molecule has 4 unspecified atom stereocenters. The van der Waals surface area contributed by atoms with Crippen LogP contribution in [0.25, 0.3) is 6.08 Å². The Hall–Kier alpha value is -4.03. The zero-order valence-corrected chi connectivity index (χ0v) is 19.3. The number of amides is 2. The summed E-state index contributed by atoms with van der Waals surface area (Å²) >= 11 is 0. The van der Waals surface area contributed by atoms with Gasteiger partial charge in [-0.3, -0.25) is 19.7 Å². The molecule has 6 heteroatoms. The van der Waals surface area contributed by atoms with Crippen LogP contribution in [-0.2, 0) is 20.8 Å². The van der Waals surface area contributed by atoms with Crippen LogP contribution in [0.2, 0.25) is 0 Å². The number of carbonyl (C=O) groups is 3. The number of nitrogens with one attached hydrogen (secondary N) is 1. The summed E-state index contributed by atoms with van der Waals surface area (Å²) in [6.45, 7) is 1.84. The number of anilines is 1. The highest BCUT2D eigenvalue weighted by molar-refractivity contribution is 6.24. The minimum absolute atomic E-state index is 0.0840. The van der Waals surface area contributed by atoms with Crippen molar-refractivity contribution < 1.29 is 19.5 Å². The number of rotatable bonds is 6. The van der Waals surface area contributed by atoms with Crippen molar-refractivity contribution in [3.63, 3.8) is 0 Å². The Morgan fingerprint density at radius 3 is 2.23 bits per heavy atom. The third-order valence-corrected chi connectivity index (χ3v) is 7.05. The standard InChI is InChI=1S/C29H26N2O4/c1-19-10-8-9-15-23(19)31-26(32)24-22(17-16-20-11-4-2-5-12-20)30-29(28(34)35,25(24)27(31)33)18-21-13-6-3-7-14-21/h2-17,22,24-25,30H,18H2,1H3,(H,34,35)/b17-16+. The Balaban J connectivity index is 1.61. The summed E-state index contributed by atoms with van der Waals surface area (Å²) in [5.41, 5.74) is 1.36. The summed E-state index contributed by atoms with van der Waals surface area (Å²) in [5, 5.41) is 13.7. The predicted molar refractivity (Wildman–Crippen MR) is 134 cm³/mol. The van der Waals surface area contributed by atoms with E-state index in [1.54, 1.807) is 12.1 Å². The van der Waals surface area contributed by atoms with Gasteiger partial charge in [-0.15, -0.1) is 0 Å². The van der Waals surface area contributed by atoms with Gasteiger partial charge in [0.15, 0.2) is 0 Å². The molecule has 0 saturated carbocycles. The van der Waals surface area contributed by atoms with Crippen molar-refractivity contribution in [3.05, 3.63) is 108 Å². The summed E-state index contributed by atoms with van der Waals surface area (Å²) in [5.74, 6) is -3.86. The van der Waals surface area contributed by atoms with Gasteiger partial charge in [0, 0.05) is 12.5 Å². The number of imide groups is 1. The first-order valence-electron chi connectivity index (χ1n) is 11.6. The smallest absolute Gasteiger partial charge is 0.325 e. The lowest BCUT2D eigenvalue weighted by Gasteiger charge is -2.31. The molecule has 176 valence electrons. The van der Waals surface area contributed by atoms with Gasteiger partial charge in [0.25, 0.3) is 0 Å². The van der Waals surface area contributed by atoms with Crippen LogP contribution < -0.4 is 10.2 Å². The predicted octanol–water partition coefficient (Wildman–Crippen LogP) is 3.85. The molecular formula is C29H26N2O4. The number of hydrogen-bond acceptors (Lipinski definition) is 4. The molecule has 2 aliphatic heterocycles. The summed E-state index contributed by atoms with van der Waals surface area (Å²) < 4.78 is 0. The summed E-state index contributed by atoms with van der Waals surface area (Å²) in [6, 6.07) is 25.4. The molecule has 0 aromatic heterocycles. The van der Waals surface area contributed by atoms with E-state index in [1.807, 2.05) is 91.9 Å². The Kier molecular flexibility index (Phi) is 5.83. The molecule has 0 spiro atoms. The first-order chi connectivity index (χ1) is 16.9. The lowest BCUT2D eigenvalue weighted by molar-refractivity contribution is -0.148. The first kappa shape index (κ1) is 22.7. The lowest BCUT2D eigenvalue weighted by Crippen LogP contribution is -2.58. The quantitative estimate of drug-likeness (QED) is 0.539. The number of aliphatic carboxylic acids is 1. The van der Waals surface area contributed by atoms with Gasteiger partial charge in [-0.25, -0.2) is 4.90 Å². The van der Waals surface area contributed by atoms with Crippen LogP contribution in [0, 0.1) is 18.8 Å². The highest BCUT2D eigenvalue weighted by Gasteiger charge is 2.68. The largest absolute Gasteiger partial charge is 0.480 e. The van der Waals surface area contributed by atoms with Gasteiger partial charge in [-0.1, -0.05) is 91.0 Å². The molecule has 2 aliphatic rings. The topological polar surface area (TPSA) is 86.7 Å². The molecule has 6 nitrogen and oxygen atoms in total. The highest BCUT2D eigenvalue weighted by Crippen LogP contribution is 2.46.